The fourth-order valence-corrected chi connectivity index (χ4v) is 2.97. The summed E-state index contributed by atoms with van der Waals surface area (Å²) >= 11 is 0. The van der Waals surface area contributed by atoms with E-state index < -0.39 is 0 Å². The van der Waals surface area contributed by atoms with Crippen molar-refractivity contribution in [2.45, 2.75) is 46.1 Å². The zero-order valence-electron chi connectivity index (χ0n) is 9.62. The Bertz CT molecular complexity index is 229. The van der Waals surface area contributed by atoms with E-state index in [-0.39, 0.29) is 0 Å². The normalized spacial score (nSPS) is 38.0. The van der Waals surface area contributed by atoms with E-state index in [4.69, 9.17) is 4.74 Å². The van der Waals surface area contributed by atoms with Crippen molar-refractivity contribution in [1.29, 1.82) is 0 Å². The van der Waals surface area contributed by atoms with Gasteiger partial charge in [-0.25, -0.2) is 0 Å². The van der Waals surface area contributed by atoms with Gasteiger partial charge in [-0.2, -0.15) is 0 Å². The molecule has 1 heterocycles. The van der Waals surface area contributed by atoms with Gasteiger partial charge in [-0.15, -0.1) is 0 Å². The van der Waals surface area contributed by atoms with Crippen molar-refractivity contribution in [3.63, 3.8) is 0 Å². The molecule has 0 radical (unpaired) electrons. The van der Waals surface area contributed by atoms with Crippen molar-refractivity contribution in [1.82, 2.24) is 0 Å². The number of rotatable bonds is 2. The Morgan fingerprint density at radius 2 is 2.14 bits per heavy atom. The van der Waals surface area contributed by atoms with E-state index in [1.54, 1.807) is 5.57 Å². The lowest BCUT2D eigenvalue weighted by Crippen LogP contribution is -2.27. The van der Waals surface area contributed by atoms with Gasteiger partial charge in [0, 0.05) is 12.5 Å². The highest BCUT2D eigenvalue weighted by molar-refractivity contribution is 5.11. The van der Waals surface area contributed by atoms with Crippen LogP contribution in [0.5, 0.6) is 0 Å². The SMILES string of the molecule is CC1=CC(C2OCCC2C(C)C)CC1. The standard InChI is InChI=1S/C13H22O/c1-9(2)12-6-7-14-13(12)11-5-4-10(3)8-11/h8-9,11-13H,4-7H2,1-3H3. The van der Waals surface area contributed by atoms with Crippen molar-refractivity contribution >= 4 is 0 Å². The highest BCUT2D eigenvalue weighted by Crippen LogP contribution is 2.38. The zero-order chi connectivity index (χ0) is 10.1. The summed E-state index contributed by atoms with van der Waals surface area (Å²) in [5.74, 6) is 2.28. The summed E-state index contributed by atoms with van der Waals surface area (Å²) in [6, 6.07) is 0. The molecule has 0 aromatic rings. The van der Waals surface area contributed by atoms with E-state index in [1.807, 2.05) is 0 Å². The Labute approximate surface area is 87.5 Å². The van der Waals surface area contributed by atoms with Crippen LogP contribution in [0, 0.1) is 17.8 Å². The molecule has 0 bridgehead atoms. The molecule has 0 aromatic carbocycles. The van der Waals surface area contributed by atoms with Crippen molar-refractivity contribution < 1.29 is 4.74 Å². The quantitative estimate of drug-likeness (QED) is 0.612. The van der Waals surface area contributed by atoms with Crippen LogP contribution in [0.25, 0.3) is 0 Å². The summed E-state index contributed by atoms with van der Waals surface area (Å²) in [6.07, 6.45) is 6.85. The average Bonchev–Trinajstić information content (AvgIpc) is 2.70. The average molecular weight is 194 g/mol. The molecule has 2 aliphatic rings. The predicted molar refractivity (Wildman–Crippen MR) is 59.2 cm³/mol. The van der Waals surface area contributed by atoms with Crippen molar-refractivity contribution in [2.75, 3.05) is 6.61 Å². The first-order valence-corrected chi connectivity index (χ1v) is 5.97. The van der Waals surface area contributed by atoms with Crippen LogP contribution in [0.4, 0.5) is 0 Å². The molecule has 1 fully saturated rings. The first kappa shape index (κ1) is 10.2. The lowest BCUT2D eigenvalue weighted by atomic mass is 9.83. The third kappa shape index (κ3) is 1.88. The molecule has 0 aromatic heterocycles. The fraction of sp³-hybridized carbons (Fsp3) is 0.846. The molecular formula is C13H22O. The lowest BCUT2D eigenvalue weighted by Gasteiger charge is -2.26. The summed E-state index contributed by atoms with van der Waals surface area (Å²) in [4.78, 5) is 0. The first-order valence-electron chi connectivity index (χ1n) is 5.97. The summed E-state index contributed by atoms with van der Waals surface area (Å²) in [7, 11) is 0. The van der Waals surface area contributed by atoms with Gasteiger partial charge in [-0.05, 0) is 38.0 Å². The molecule has 0 spiro atoms. The maximum Gasteiger partial charge on any atom is 0.0669 e. The monoisotopic (exact) mass is 194 g/mol. The number of hydrogen-bond acceptors (Lipinski definition) is 1. The van der Waals surface area contributed by atoms with Crippen LogP contribution in [-0.2, 0) is 4.74 Å². The minimum atomic E-state index is 0.521. The molecule has 1 saturated heterocycles. The Balaban J connectivity index is 2.03. The van der Waals surface area contributed by atoms with E-state index in [1.165, 1.54) is 19.3 Å². The molecule has 1 nitrogen and oxygen atoms in total. The lowest BCUT2D eigenvalue weighted by molar-refractivity contribution is 0.0468. The van der Waals surface area contributed by atoms with Crippen LogP contribution in [0.15, 0.2) is 11.6 Å². The Kier molecular flexibility index (Phi) is 2.96. The molecule has 0 amide bonds. The predicted octanol–water partition coefficient (Wildman–Crippen LogP) is 3.40. The van der Waals surface area contributed by atoms with Crippen LogP contribution < -0.4 is 0 Å². The fourth-order valence-electron chi connectivity index (χ4n) is 2.97. The van der Waals surface area contributed by atoms with Crippen LogP contribution in [-0.4, -0.2) is 12.7 Å². The molecule has 1 aliphatic heterocycles. The second kappa shape index (κ2) is 4.06. The van der Waals surface area contributed by atoms with Gasteiger partial charge in [0.15, 0.2) is 0 Å². The minimum Gasteiger partial charge on any atom is -0.377 e. The van der Waals surface area contributed by atoms with Crippen molar-refractivity contribution in [3.05, 3.63) is 11.6 Å². The van der Waals surface area contributed by atoms with Gasteiger partial charge >= 0.3 is 0 Å². The molecular weight excluding hydrogens is 172 g/mol. The third-order valence-corrected chi connectivity index (χ3v) is 3.83. The molecule has 3 unspecified atom stereocenters. The first-order chi connectivity index (χ1) is 6.68. The van der Waals surface area contributed by atoms with Gasteiger partial charge in [-0.3, -0.25) is 0 Å². The van der Waals surface area contributed by atoms with Crippen LogP contribution in [0.2, 0.25) is 0 Å². The van der Waals surface area contributed by atoms with Gasteiger partial charge < -0.3 is 4.74 Å². The number of hydrogen-bond donors (Lipinski definition) is 0. The van der Waals surface area contributed by atoms with E-state index >= 15 is 0 Å². The maximum absolute atomic E-state index is 5.91. The second-order valence-corrected chi connectivity index (χ2v) is 5.25. The summed E-state index contributed by atoms with van der Waals surface area (Å²) in [5, 5.41) is 0. The zero-order valence-corrected chi connectivity index (χ0v) is 9.62. The molecule has 1 aliphatic carbocycles. The van der Waals surface area contributed by atoms with Gasteiger partial charge in [0.25, 0.3) is 0 Å². The summed E-state index contributed by atoms with van der Waals surface area (Å²) in [6.45, 7) is 7.89. The molecule has 2 rings (SSSR count). The van der Waals surface area contributed by atoms with Gasteiger partial charge in [0.2, 0.25) is 0 Å². The van der Waals surface area contributed by atoms with Gasteiger partial charge in [-0.1, -0.05) is 25.5 Å². The second-order valence-electron chi connectivity index (χ2n) is 5.25. The topological polar surface area (TPSA) is 9.23 Å². The molecule has 80 valence electrons. The third-order valence-electron chi connectivity index (χ3n) is 3.83. The van der Waals surface area contributed by atoms with Crippen molar-refractivity contribution in [3.8, 4) is 0 Å². The molecule has 0 N–H and O–H groups in total. The van der Waals surface area contributed by atoms with Gasteiger partial charge in [0.05, 0.1) is 6.10 Å². The minimum absolute atomic E-state index is 0.521. The number of allylic oxidation sites excluding steroid dienone is 1. The van der Waals surface area contributed by atoms with Crippen LogP contribution >= 0.6 is 0 Å². The summed E-state index contributed by atoms with van der Waals surface area (Å²) in [5.41, 5.74) is 1.56. The van der Waals surface area contributed by atoms with E-state index in [9.17, 15) is 0 Å². The summed E-state index contributed by atoms with van der Waals surface area (Å²) < 4.78 is 5.91. The Hall–Kier alpha value is -0.300. The molecule has 3 atom stereocenters. The smallest absolute Gasteiger partial charge is 0.0669 e. The highest BCUT2D eigenvalue weighted by atomic mass is 16.5. The molecule has 14 heavy (non-hydrogen) atoms. The Morgan fingerprint density at radius 1 is 1.36 bits per heavy atom. The largest absolute Gasteiger partial charge is 0.377 e. The van der Waals surface area contributed by atoms with Gasteiger partial charge in [0.1, 0.15) is 0 Å². The van der Waals surface area contributed by atoms with Crippen molar-refractivity contribution in [2.24, 2.45) is 17.8 Å². The highest BCUT2D eigenvalue weighted by Gasteiger charge is 2.36. The molecule has 1 heteroatoms. The van der Waals surface area contributed by atoms with E-state index in [2.05, 4.69) is 26.8 Å². The number of ether oxygens (including phenoxy) is 1. The molecule has 0 saturated carbocycles. The van der Waals surface area contributed by atoms with E-state index in [0.29, 0.717) is 12.0 Å². The maximum atomic E-state index is 5.91. The van der Waals surface area contributed by atoms with E-state index in [0.717, 1.165) is 18.4 Å². The van der Waals surface area contributed by atoms with Crippen LogP contribution in [0.1, 0.15) is 40.0 Å². The Morgan fingerprint density at radius 3 is 2.71 bits per heavy atom. The van der Waals surface area contributed by atoms with Crippen LogP contribution in [0.3, 0.4) is 0 Å².